The van der Waals surface area contributed by atoms with Crippen molar-refractivity contribution in [3.63, 3.8) is 0 Å². The molecule has 0 radical (unpaired) electrons. The van der Waals surface area contributed by atoms with Gasteiger partial charge in [0.05, 0.1) is 6.10 Å². The van der Waals surface area contributed by atoms with E-state index in [0.717, 1.165) is 19.3 Å². The van der Waals surface area contributed by atoms with E-state index in [1.54, 1.807) is 0 Å². The van der Waals surface area contributed by atoms with Crippen LogP contribution in [0.15, 0.2) is 18.2 Å². The highest BCUT2D eigenvalue weighted by atomic mass is 16.3. The Hall–Kier alpha value is -0.820. The van der Waals surface area contributed by atoms with Gasteiger partial charge in [-0.15, -0.1) is 0 Å². The van der Waals surface area contributed by atoms with Gasteiger partial charge in [0.15, 0.2) is 0 Å². The van der Waals surface area contributed by atoms with Crippen molar-refractivity contribution in [2.75, 3.05) is 0 Å². The molecule has 16 heavy (non-hydrogen) atoms. The van der Waals surface area contributed by atoms with Gasteiger partial charge in [-0.2, -0.15) is 0 Å². The first-order valence-electron chi connectivity index (χ1n) is 6.24. The van der Waals surface area contributed by atoms with E-state index in [1.165, 1.54) is 16.7 Å². The van der Waals surface area contributed by atoms with Gasteiger partial charge in [-0.25, -0.2) is 0 Å². The van der Waals surface area contributed by atoms with E-state index >= 15 is 0 Å². The van der Waals surface area contributed by atoms with Gasteiger partial charge in [0.1, 0.15) is 0 Å². The normalized spacial score (nSPS) is 13.1. The second-order valence-electron chi connectivity index (χ2n) is 5.20. The maximum absolute atomic E-state index is 9.71. The molecule has 0 aliphatic rings. The molecule has 1 aromatic carbocycles. The predicted octanol–water partition coefficient (Wildman–Crippen LogP) is 3.64. The van der Waals surface area contributed by atoms with E-state index in [4.69, 9.17) is 0 Å². The van der Waals surface area contributed by atoms with Gasteiger partial charge < -0.3 is 5.11 Å². The zero-order chi connectivity index (χ0) is 12.1. The predicted molar refractivity (Wildman–Crippen MR) is 69.7 cm³/mol. The molecule has 1 N–H and O–H groups in total. The SMILES string of the molecule is Cc1cc(C)cc(CCCC(O)C(C)C)c1. The summed E-state index contributed by atoms with van der Waals surface area (Å²) in [6.45, 7) is 8.42. The minimum absolute atomic E-state index is 0.147. The summed E-state index contributed by atoms with van der Waals surface area (Å²) in [6.07, 6.45) is 2.91. The van der Waals surface area contributed by atoms with Gasteiger partial charge in [0.25, 0.3) is 0 Å². The largest absolute Gasteiger partial charge is 0.393 e. The van der Waals surface area contributed by atoms with Crippen molar-refractivity contribution in [3.05, 3.63) is 34.9 Å². The van der Waals surface area contributed by atoms with Crippen LogP contribution in [-0.2, 0) is 6.42 Å². The summed E-state index contributed by atoms with van der Waals surface area (Å²) in [4.78, 5) is 0. The lowest BCUT2D eigenvalue weighted by atomic mass is 9.98. The van der Waals surface area contributed by atoms with E-state index in [9.17, 15) is 5.11 Å². The van der Waals surface area contributed by atoms with Crippen molar-refractivity contribution in [1.82, 2.24) is 0 Å². The summed E-state index contributed by atoms with van der Waals surface area (Å²) in [5.41, 5.74) is 4.06. The third kappa shape index (κ3) is 4.36. The first kappa shape index (κ1) is 13.2. The van der Waals surface area contributed by atoms with Crippen LogP contribution in [-0.4, -0.2) is 11.2 Å². The Morgan fingerprint density at radius 3 is 2.12 bits per heavy atom. The molecule has 0 aliphatic carbocycles. The average Bonchev–Trinajstić information content (AvgIpc) is 2.15. The number of benzene rings is 1. The number of rotatable bonds is 5. The summed E-state index contributed by atoms with van der Waals surface area (Å²) in [5, 5.41) is 9.71. The number of aliphatic hydroxyl groups excluding tert-OH is 1. The summed E-state index contributed by atoms with van der Waals surface area (Å²) in [6, 6.07) is 6.69. The van der Waals surface area contributed by atoms with Crippen molar-refractivity contribution in [1.29, 1.82) is 0 Å². The Kier molecular flexibility index (Phi) is 5.01. The van der Waals surface area contributed by atoms with Crippen LogP contribution >= 0.6 is 0 Å². The second-order valence-corrected chi connectivity index (χ2v) is 5.20. The third-order valence-corrected chi connectivity index (χ3v) is 3.02. The van der Waals surface area contributed by atoms with Crippen molar-refractivity contribution in [2.45, 2.75) is 53.1 Å². The lowest BCUT2D eigenvalue weighted by Crippen LogP contribution is -2.14. The first-order valence-corrected chi connectivity index (χ1v) is 6.24. The van der Waals surface area contributed by atoms with E-state index < -0.39 is 0 Å². The summed E-state index contributed by atoms with van der Waals surface area (Å²) >= 11 is 0. The minimum Gasteiger partial charge on any atom is -0.393 e. The van der Waals surface area contributed by atoms with Crippen LogP contribution in [0.3, 0.4) is 0 Å². The van der Waals surface area contributed by atoms with Crippen LogP contribution in [0.4, 0.5) is 0 Å². The van der Waals surface area contributed by atoms with Gasteiger partial charge in [0, 0.05) is 0 Å². The van der Waals surface area contributed by atoms with Crippen LogP contribution in [0.1, 0.15) is 43.4 Å². The van der Waals surface area contributed by atoms with E-state index in [0.29, 0.717) is 5.92 Å². The minimum atomic E-state index is -0.147. The monoisotopic (exact) mass is 220 g/mol. The molecule has 0 fully saturated rings. The van der Waals surface area contributed by atoms with Crippen molar-refractivity contribution < 1.29 is 5.11 Å². The molecule has 0 bridgehead atoms. The fraction of sp³-hybridized carbons (Fsp3) is 0.600. The lowest BCUT2D eigenvalue weighted by Gasteiger charge is -2.14. The highest BCUT2D eigenvalue weighted by Gasteiger charge is 2.08. The second kappa shape index (κ2) is 6.05. The number of aliphatic hydroxyl groups is 1. The van der Waals surface area contributed by atoms with Crippen LogP contribution in [0, 0.1) is 19.8 Å². The Balaban J connectivity index is 2.43. The van der Waals surface area contributed by atoms with Gasteiger partial charge in [-0.3, -0.25) is 0 Å². The molecule has 90 valence electrons. The van der Waals surface area contributed by atoms with Crippen LogP contribution < -0.4 is 0 Å². The van der Waals surface area contributed by atoms with E-state index in [2.05, 4.69) is 45.9 Å². The number of hydrogen-bond donors (Lipinski definition) is 1. The highest BCUT2D eigenvalue weighted by molar-refractivity contribution is 5.28. The Morgan fingerprint density at radius 1 is 1.06 bits per heavy atom. The molecule has 1 rings (SSSR count). The zero-order valence-corrected chi connectivity index (χ0v) is 11.0. The van der Waals surface area contributed by atoms with Gasteiger partial charge >= 0.3 is 0 Å². The molecule has 0 aliphatic heterocycles. The van der Waals surface area contributed by atoms with Crippen LogP contribution in [0.5, 0.6) is 0 Å². The average molecular weight is 220 g/mol. The molecule has 1 atom stereocenters. The highest BCUT2D eigenvalue weighted by Crippen LogP contribution is 2.14. The molecule has 0 amide bonds. The summed E-state index contributed by atoms with van der Waals surface area (Å²) in [5.74, 6) is 0.374. The molecule has 1 nitrogen and oxygen atoms in total. The lowest BCUT2D eigenvalue weighted by molar-refractivity contribution is 0.114. The van der Waals surface area contributed by atoms with Gasteiger partial charge in [-0.1, -0.05) is 43.2 Å². The van der Waals surface area contributed by atoms with Crippen molar-refractivity contribution >= 4 is 0 Å². The quantitative estimate of drug-likeness (QED) is 0.803. The Morgan fingerprint density at radius 2 is 1.62 bits per heavy atom. The molecule has 0 saturated carbocycles. The first-order chi connectivity index (χ1) is 7.49. The van der Waals surface area contributed by atoms with Crippen molar-refractivity contribution in [2.24, 2.45) is 5.92 Å². The smallest absolute Gasteiger partial charge is 0.0563 e. The van der Waals surface area contributed by atoms with Crippen molar-refractivity contribution in [3.8, 4) is 0 Å². The maximum Gasteiger partial charge on any atom is 0.0563 e. The number of hydrogen-bond acceptors (Lipinski definition) is 1. The molecule has 1 heteroatoms. The molecule has 0 saturated heterocycles. The van der Waals surface area contributed by atoms with E-state index in [-0.39, 0.29) is 6.10 Å². The molecule has 0 aromatic heterocycles. The molecule has 0 spiro atoms. The molecule has 1 unspecified atom stereocenters. The zero-order valence-electron chi connectivity index (χ0n) is 11.0. The standard InChI is InChI=1S/C15H24O/c1-11(2)15(16)7-5-6-14-9-12(3)8-13(4)10-14/h8-11,15-16H,5-7H2,1-4H3. The maximum atomic E-state index is 9.71. The molecular formula is C15H24O. The number of aryl methyl sites for hydroxylation is 3. The third-order valence-electron chi connectivity index (χ3n) is 3.02. The summed E-state index contributed by atoms with van der Waals surface area (Å²) in [7, 11) is 0. The van der Waals surface area contributed by atoms with Crippen LogP contribution in [0.2, 0.25) is 0 Å². The Labute approximate surface area is 99.5 Å². The topological polar surface area (TPSA) is 20.2 Å². The fourth-order valence-corrected chi connectivity index (χ4v) is 2.06. The summed E-state index contributed by atoms with van der Waals surface area (Å²) < 4.78 is 0. The molecule has 0 heterocycles. The van der Waals surface area contributed by atoms with Crippen LogP contribution in [0.25, 0.3) is 0 Å². The van der Waals surface area contributed by atoms with E-state index in [1.807, 2.05) is 0 Å². The Bertz CT molecular complexity index is 308. The molecule has 1 aromatic rings. The van der Waals surface area contributed by atoms with Gasteiger partial charge in [0.2, 0.25) is 0 Å². The molecular weight excluding hydrogens is 196 g/mol. The van der Waals surface area contributed by atoms with Gasteiger partial charge in [-0.05, 0) is 44.6 Å². The fourth-order valence-electron chi connectivity index (χ4n) is 2.06.